The standard InChI is InChI=1S/C14H32N2O2S/c1-13(2)9-5-6-11-16-19(17,18)12-8-7-10-15-14(3)4/h13-16H,5-12H2,1-4H3. The van der Waals surface area contributed by atoms with Crippen LogP contribution < -0.4 is 10.0 Å². The van der Waals surface area contributed by atoms with E-state index in [1.807, 2.05) is 0 Å². The van der Waals surface area contributed by atoms with E-state index in [0.29, 0.717) is 18.5 Å². The van der Waals surface area contributed by atoms with Crippen molar-refractivity contribution in [2.45, 2.75) is 65.8 Å². The zero-order valence-electron chi connectivity index (χ0n) is 13.0. The molecular weight excluding hydrogens is 260 g/mol. The molecule has 2 N–H and O–H groups in total. The number of unbranched alkanes of at least 4 members (excludes halogenated alkanes) is 2. The summed E-state index contributed by atoms with van der Waals surface area (Å²) in [7, 11) is -3.06. The molecule has 0 amide bonds. The van der Waals surface area contributed by atoms with Crippen LogP contribution in [0.3, 0.4) is 0 Å². The molecule has 0 saturated carbocycles. The highest BCUT2D eigenvalue weighted by Crippen LogP contribution is 2.05. The first-order valence-corrected chi connectivity index (χ1v) is 9.19. The molecule has 0 fully saturated rings. The summed E-state index contributed by atoms with van der Waals surface area (Å²) in [5, 5.41) is 3.29. The van der Waals surface area contributed by atoms with Crippen LogP contribution in [0.1, 0.15) is 59.8 Å². The molecule has 0 aliphatic heterocycles. The van der Waals surface area contributed by atoms with Gasteiger partial charge in [0.25, 0.3) is 0 Å². The Balaban J connectivity index is 3.53. The average molecular weight is 292 g/mol. The van der Waals surface area contributed by atoms with Crippen LogP contribution in [0.4, 0.5) is 0 Å². The fraction of sp³-hybridized carbons (Fsp3) is 1.00. The Morgan fingerprint density at radius 2 is 1.53 bits per heavy atom. The van der Waals surface area contributed by atoms with Gasteiger partial charge >= 0.3 is 0 Å². The van der Waals surface area contributed by atoms with E-state index in [9.17, 15) is 8.42 Å². The van der Waals surface area contributed by atoms with Crippen molar-refractivity contribution in [1.82, 2.24) is 10.0 Å². The van der Waals surface area contributed by atoms with Gasteiger partial charge in [0.15, 0.2) is 0 Å². The molecule has 0 aromatic carbocycles. The molecule has 5 heteroatoms. The van der Waals surface area contributed by atoms with Gasteiger partial charge in [-0.25, -0.2) is 13.1 Å². The topological polar surface area (TPSA) is 58.2 Å². The minimum absolute atomic E-state index is 0.247. The maximum absolute atomic E-state index is 11.7. The molecule has 0 aromatic heterocycles. The number of sulfonamides is 1. The van der Waals surface area contributed by atoms with Gasteiger partial charge in [-0.05, 0) is 31.7 Å². The van der Waals surface area contributed by atoms with Gasteiger partial charge in [0.1, 0.15) is 0 Å². The number of nitrogens with one attached hydrogen (secondary N) is 2. The van der Waals surface area contributed by atoms with E-state index < -0.39 is 10.0 Å². The van der Waals surface area contributed by atoms with Gasteiger partial charge in [-0.1, -0.05) is 40.5 Å². The fourth-order valence-electron chi connectivity index (χ4n) is 1.79. The van der Waals surface area contributed by atoms with Gasteiger partial charge in [0.2, 0.25) is 10.0 Å². The predicted octanol–water partition coefficient (Wildman–Crippen LogP) is 2.51. The first-order valence-electron chi connectivity index (χ1n) is 7.54. The summed E-state index contributed by atoms with van der Waals surface area (Å²) >= 11 is 0. The van der Waals surface area contributed by atoms with Crippen molar-refractivity contribution in [2.24, 2.45) is 5.92 Å². The summed E-state index contributed by atoms with van der Waals surface area (Å²) in [5.74, 6) is 0.946. The Morgan fingerprint density at radius 1 is 0.895 bits per heavy atom. The van der Waals surface area contributed by atoms with Crippen molar-refractivity contribution in [2.75, 3.05) is 18.8 Å². The van der Waals surface area contributed by atoms with Gasteiger partial charge in [0.05, 0.1) is 5.75 Å². The molecule has 0 bridgehead atoms. The van der Waals surface area contributed by atoms with Crippen LogP contribution in [0, 0.1) is 5.92 Å². The first-order chi connectivity index (χ1) is 8.83. The molecule has 4 nitrogen and oxygen atoms in total. The van der Waals surface area contributed by atoms with Gasteiger partial charge in [-0.2, -0.15) is 0 Å². The molecule has 116 valence electrons. The van der Waals surface area contributed by atoms with Crippen LogP contribution in [-0.4, -0.2) is 33.3 Å². The van der Waals surface area contributed by atoms with E-state index in [1.54, 1.807) is 0 Å². The zero-order chi connectivity index (χ0) is 14.7. The largest absolute Gasteiger partial charge is 0.315 e. The second-order valence-corrected chi connectivity index (χ2v) is 7.85. The van der Waals surface area contributed by atoms with Crippen LogP contribution in [0.15, 0.2) is 0 Å². The Bertz CT molecular complexity index is 277. The number of rotatable bonds is 12. The third kappa shape index (κ3) is 14.1. The minimum atomic E-state index is -3.06. The summed E-state index contributed by atoms with van der Waals surface area (Å²) < 4.78 is 26.1. The summed E-state index contributed by atoms with van der Waals surface area (Å²) in [6.45, 7) is 10.0. The zero-order valence-corrected chi connectivity index (χ0v) is 13.9. The second kappa shape index (κ2) is 10.6. The fourth-order valence-corrected chi connectivity index (χ4v) is 2.97. The molecule has 0 heterocycles. The molecule has 19 heavy (non-hydrogen) atoms. The summed E-state index contributed by atoms with van der Waals surface area (Å²) in [6, 6.07) is 0.468. The third-order valence-electron chi connectivity index (χ3n) is 2.92. The predicted molar refractivity (Wildman–Crippen MR) is 82.9 cm³/mol. The van der Waals surface area contributed by atoms with E-state index in [-0.39, 0.29) is 5.75 Å². The van der Waals surface area contributed by atoms with Crippen LogP contribution in [-0.2, 0) is 10.0 Å². The maximum Gasteiger partial charge on any atom is 0.211 e. The van der Waals surface area contributed by atoms with E-state index in [1.165, 1.54) is 6.42 Å². The minimum Gasteiger partial charge on any atom is -0.315 e. The van der Waals surface area contributed by atoms with Gasteiger partial charge in [-0.15, -0.1) is 0 Å². The lowest BCUT2D eigenvalue weighted by molar-refractivity contribution is 0.529. The lowest BCUT2D eigenvalue weighted by Crippen LogP contribution is -2.28. The molecule has 0 radical (unpaired) electrons. The van der Waals surface area contributed by atoms with Crippen molar-refractivity contribution in [3.8, 4) is 0 Å². The highest BCUT2D eigenvalue weighted by atomic mass is 32.2. The van der Waals surface area contributed by atoms with Crippen LogP contribution in [0.5, 0.6) is 0 Å². The van der Waals surface area contributed by atoms with Gasteiger partial charge in [-0.3, -0.25) is 0 Å². The van der Waals surface area contributed by atoms with Crippen molar-refractivity contribution in [3.05, 3.63) is 0 Å². The Kier molecular flexibility index (Phi) is 10.6. The van der Waals surface area contributed by atoms with Gasteiger partial charge < -0.3 is 5.32 Å². The Hall–Kier alpha value is -0.130. The maximum atomic E-state index is 11.7. The molecule has 0 aromatic rings. The smallest absolute Gasteiger partial charge is 0.211 e. The molecule has 0 atom stereocenters. The quantitative estimate of drug-likeness (QED) is 0.543. The Morgan fingerprint density at radius 3 is 2.11 bits per heavy atom. The normalized spacial score (nSPS) is 12.5. The van der Waals surface area contributed by atoms with Crippen molar-refractivity contribution in [1.29, 1.82) is 0 Å². The summed E-state index contributed by atoms with van der Waals surface area (Å²) in [5.41, 5.74) is 0. The lowest BCUT2D eigenvalue weighted by Gasteiger charge is -2.09. The van der Waals surface area contributed by atoms with Crippen molar-refractivity contribution < 1.29 is 8.42 Å². The highest BCUT2D eigenvalue weighted by molar-refractivity contribution is 7.89. The van der Waals surface area contributed by atoms with Crippen LogP contribution >= 0.6 is 0 Å². The molecule has 0 aliphatic carbocycles. The molecule has 0 rings (SSSR count). The van der Waals surface area contributed by atoms with E-state index >= 15 is 0 Å². The van der Waals surface area contributed by atoms with E-state index in [0.717, 1.165) is 32.2 Å². The SMILES string of the molecule is CC(C)CCCCNS(=O)(=O)CCCCNC(C)C. The Labute approximate surface area is 119 Å². The van der Waals surface area contributed by atoms with E-state index in [2.05, 4.69) is 37.7 Å². The highest BCUT2D eigenvalue weighted by Gasteiger charge is 2.08. The molecule has 0 aliphatic rings. The first kappa shape index (κ1) is 18.9. The van der Waals surface area contributed by atoms with Gasteiger partial charge in [0, 0.05) is 12.6 Å². The van der Waals surface area contributed by atoms with Crippen molar-refractivity contribution >= 4 is 10.0 Å². The van der Waals surface area contributed by atoms with E-state index in [4.69, 9.17) is 0 Å². The third-order valence-corrected chi connectivity index (χ3v) is 4.39. The number of hydrogen-bond donors (Lipinski definition) is 2. The summed E-state index contributed by atoms with van der Waals surface area (Å²) in [4.78, 5) is 0. The molecule has 0 unspecified atom stereocenters. The van der Waals surface area contributed by atoms with Crippen LogP contribution in [0.25, 0.3) is 0 Å². The molecule has 0 saturated heterocycles. The summed E-state index contributed by atoms with van der Waals surface area (Å²) in [6.07, 6.45) is 4.83. The molecular formula is C14H32N2O2S. The molecule has 0 spiro atoms. The second-order valence-electron chi connectivity index (χ2n) is 5.92. The monoisotopic (exact) mass is 292 g/mol. The number of hydrogen-bond acceptors (Lipinski definition) is 3. The van der Waals surface area contributed by atoms with Crippen molar-refractivity contribution in [3.63, 3.8) is 0 Å². The van der Waals surface area contributed by atoms with Crippen LogP contribution in [0.2, 0.25) is 0 Å². The lowest BCUT2D eigenvalue weighted by atomic mass is 10.1. The average Bonchev–Trinajstić information content (AvgIpc) is 2.27.